The Morgan fingerprint density at radius 3 is 2.72 bits per heavy atom. The topological polar surface area (TPSA) is 55.4 Å². The molecule has 1 aromatic rings. The maximum Gasteiger partial charge on any atom is 0.309 e. The zero-order valence-corrected chi connectivity index (χ0v) is 10.6. The van der Waals surface area contributed by atoms with Crippen LogP contribution in [-0.4, -0.2) is 18.0 Å². The van der Waals surface area contributed by atoms with Crippen LogP contribution in [0.4, 0.5) is 5.69 Å². The van der Waals surface area contributed by atoms with Crippen molar-refractivity contribution in [2.75, 3.05) is 5.32 Å². The van der Waals surface area contributed by atoms with Gasteiger partial charge < -0.3 is 10.1 Å². The highest BCUT2D eigenvalue weighted by atomic mass is 16.5. The monoisotopic (exact) mass is 247 g/mol. The Kier molecular flexibility index (Phi) is 3.65. The molecule has 1 aliphatic carbocycles. The second-order valence-corrected chi connectivity index (χ2v) is 4.71. The lowest BCUT2D eigenvalue weighted by atomic mass is 10.2. The van der Waals surface area contributed by atoms with Crippen molar-refractivity contribution in [1.82, 2.24) is 0 Å². The van der Waals surface area contributed by atoms with Gasteiger partial charge in [-0.05, 0) is 44.4 Å². The average Bonchev–Trinajstić information content (AvgIpc) is 3.12. The van der Waals surface area contributed by atoms with Crippen molar-refractivity contribution < 1.29 is 14.3 Å². The molecule has 0 aliphatic heterocycles. The van der Waals surface area contributed by atoms with Crippen LogP contribution in [0.25, 0.3) is 0 Å². The van der Waals surface area contributed by atoms with E-state index in [4.69, 9.17) is 4.74 Å². The lowest BCUT2D eigenvalue weighted by Crippen LogP contribution is -2.30. The van der Waals surface area contributed by atoms with Crippen molar-refractivity contribution in [1.29, 1.82) is 0 Å². The fraction of sp³-hybridized carbons (Fsp3) is 0.429. The van der Waals surface area contributed by atoms with E-state index < -0.39 is 6.10 Å². The molecule has 0 unspecified atom stereocenters. The largest absolute Gasteiger partial charge is 0.452 e. The SMILES string of the molecule is Cc1cccc(NC(=O)[C@H](C)OC(=O)C2CC2)c1. The third-order valence-electron chi connectivity index (χ3n) is 2.86. The van der Waals surface area contributed by atoms with Crippen molar-refractivity contribution >= 4 is 17.6 Å². The maximum absolute atomic E-state index is 11.8. The molecule has 2 rings (SSSR count). The van der Waals surface area contributed by atoms with Gasteiger partial charge in [0.2, 0.25) is 0 Å². The Labute approximate surface area is 106 Å². The minimum absolute atomic E-state index is 0.0132. The summed E-state index contributed by atoms with van der Waals surface area (Å²) in [5.74, 6) is -0.546. The lowest BCUT2D eigenvalue weighted by molar-refractivity contribution is -0.154. The molecule has 0 aromatic heterocycles. The number of benzene rings is 1. The number of ether oxygens (including phenoxy) is 1. The summed E-state index contributed by atoms with van der Waals surface area (Å²) >= 11 is 0. The van der Waals surface area contributed by atoms with Crippen molar-refractivity contribution in [3.8, 4) is 0 Å². The number of carbonyl (C=O) groups is 2. The highest BCUT2D eigenvalue weighted by Crippen LogP contribution is 2.30. The lowest BCUT2D eigenvalue weighted by Gasteiger charge is -2.13. The first-order valence-corrected chi connectivity index (χ1v) is 6.14. The fourth-order valence-corrected chi connectivity index (χ4v) is 1.61. The van der Waals surface area contributed by atoms with Crippen LogP contribution >= 0.6 is 0 Å². The number of amides is 1. The normalized spacial score (nSPS) is 15.9. The van der Waals surface area contributed by atoms with Gasteiger partial charge in [-0.1, -0.05) is 12.1 Å². The van der Waals surface area contributed by atoms with Gasteiger partial charge in [0.05, 0.1) is 5.92 Å². The quantitative estimate of drug-likeness (QED) is 0.830. The molecule has 18 heavy (non-hydrogen) atoms. The molecule has 0 spiro atoms. The van der Waals surface area contributed by atoms with Crippen LogP contribution in [0.15, 0.2) is 24.3 Å². The Balaban J connectivity index is 1.88. The van der Waals surface area contributed by atoms with Crippen LogP contribution in [0.1, 0.15) is 25.3 Å². The van der Waals surface area contributed by atoms with Crippen molar-refractivity contribution in [3.63, 3.8) is 0 Å². The maximum atomic E-state index is 11.8. The zero-order valence-electron chi connectivity index (χ0n) is 10.6. The van der Waals surface area contributed by atoms with Gasteiger partial charge in [0.1, 0.15) is 0 Å². The Hall–Kier alpha value is -1.84. The van der Waals surface area contributed by atoms with E-state index in [9.17, 15) is 9.59 Å². The third-order valence-corrected chi connectivity index (χ3v) is 2.86. The first-order chi connectivity index (χ1) is 8.56. The molecule has 1 atom stereocenters. The van der Waals surface area contributed by atoms with Crippen LogP contribution in [0, 0.1) is 12.8 Å². The summed E-state index contributed by atoms with van der Waals surface area (Å²) in [6, 6.07) is 7.49. The molecule has 4 nitrogen and oxygen atoms in total. The van der Waals surface area contributed by atoms with E-state index in [0.717, 1.165) is 18.4 Å². The molecule has 1 N–H and O–H groups in total. The second kappa shape index (κ2) is 5.21. The van der Waals surface area contributed by atoms with Crippen molar-refractivity contribution in [2.45, 2.75) is 32.8 Å². The van der Waals surface area contributed by atoms with Gasteiger partial charge >= 0.3 is 5.97 Å². The van der Waals surface area contributed by atoms with Gasteiger partial charge in [-0.3, -0.25) is 9.59 Å². The number of nitrogens with one attached hydrogen (secondary N) is 1. The van der Waals surface area contributed by atoms with E-state index in [1.54, 1.807) is 13.0 Å². The Bertz CT molecular complexity index is 466. The van der Waals surface area contributed by atoms with E-state index >= 15 is 0 Å². The second-order valence-electron chi connectivity index (χ2n) is 4.71. The Morgan fingerprint density at radius 2 is 2.11 bits per heavy atom. The van der Waals surface area contributed by atoms with E-state index in [1.165, 1.54) is 0 Å². The first kappa shape index (κ1) is 12.6. The van der Waals surface area contributed by atoms with Crippen molar-refractivity contribution in [3.05, 3.63) is 29.8 Å². The predicted molar refractivity (Wildman–Crippen MR) is 68.1 cm³/mol. The summed E-state index contributed by atoms with van der Waals surface area (Å²) in [6.45, 7) is 3.54. The highest BCUT2D eigenvalue weighted by molar-refractivity contribution is 5.95. The van der Waals surface area contributed by atoms with E-state index in [-0.39, 0.29) is 17.8 Å². The van der Waals surface area contributed by atoms with Crippen LogP contribution < -0.4 is 5.32 Å². The standard InChI is InChI=1S/C14H17NO3/c1-9-4-3-5-12(8-9)15-13(16)10(2)18-14(17)11-6-7-11/h3-5,8,10-11H,6-7H2,1-2H3,(H,15,16)/t10-/m0/s1. The summed E-state index contributed by atoms with van der Waals surface area (Å²) in [5.41, 5.74) is 1.78. The summed E-state index contributed by atoms with van der Waals surface area (Å²) in [6.07, 6.45) is 1.01. The minimum atomic E-state index is -0.751. The molecule has 96 valence electrons. The number of aryl methyl sites for hydroxylation is 1. The molecule has 0 radical (unpaired) electrons. The van der Waals surface area contributed by atoms with Crippen LogP contribution in [0.5, 0.6) is 0 Å². The van der Waals surface area contributed by atoms with E-state index in [2.05, 4.69) is 5.32 Å². The molecular formula is C14H17NO3. The molecule has 4 heteroatoms. The zero-order chi connectivity index (χ0) is 13.1. The van der Waals surface area contributed by atoms with Gasteiger partial charge in [0, 0.05) is 5.69 Å². The fourth-order valence-electron chi connectivity index (χ4n) is 1.61. The molecule has 1 aliphatic rings. The Morgan fingerprint density at radius 1 is 1.39 bits per heavy atom. The molecule has 1 amide bonds. The van der Waals surface area contributed by atoms with Crippen LogP contribution in [0.2, 0.25) is 0 Å². The molecule has 1 aromatic carbocycles. The summed E-state index contributed by atoms with van der Waals surface area (Å²) in [4.78, 5) is 23.2. The number of anilines is 1. The molecule has 0 bridgehead atoms. The number of hydrogen-bond acceptors (Lipinski definition) is 3. The first-order valence-electron chi connectivity index (χ1n) is 6.14. The molecule has 0 saturated heterocycles. The van der Waals surface area contributed by atoms with Gasteiger partial charge in [0.25, 0.3) is 5.91 Å². The number of carbonyl (C=O) groups excluding carboxylic acids is 2. The van der Waals surface area contributed by atoms with E-state index in [0.29, 0.717) is 5.69 Å². The molecular weight excluding hydrogens is 230 g/mol. The molecule has 1 saturated carbocycles. The average molecular weight is 247 g/mol. The predicted octanol–water partition coefficient (Wildman–Crippen LogP) is 2.28. The highest BCUT2D eigenvalue weighted by Gasteiger charge is 2.33. The summed E-state index contributed by atoms with van der Waals surface area (Å²) < 4.78 is 5.09. The smallest absolute Gasteiger partial charge is 0.309 e. The number of hydrogen-bond donors (Lipinski definition) is 1. The van der Waals surface area contributed by atoms with Crippen molar-refractivity contribution in [2.24, 2.45) is 5.92 Å². The number of esters is 1. The van der Waals surface area contributed by atoms with Crippen LogP contribution in [-0.2, 0) is 14.3 Å². The van der Waals surface area contributed by atoms with E-state index in [1.807, 2.05) is 25.1 Å². The minimum Gasteiger partial charge on any atom is -0.452 e. The van der Waals surface area contributed by atoms with Crippen LogP contribution in [0.3, 0.4) is 0 Å². The van der Waals surface area contributed by atoms with Gasteiger partial charge in [-0.25, -0.2) is 0 Å². The summed E-state index contributed by atoms with van der Waals surface area (Å²) in [7, 11) is 0. The van der Waals surface area contributed by atoms with Gasteiger partial charge in [0.15, 0.2) is 6.10 Å². The molecule has 0 heterocycles. The van der Waals surface area contributed by atoms with Gasteiger partial charge in [-0.15, -0.1) is 0 Å². The molecule has 1 fully saturated rings. The summed E-state index contributed by atoms with van der Waals surface area (Å²) in [5, 5.41) is 2.73. The van der Waals surface area contributed by atoms with Gasteiger partial charge in [-0.2, -0.15) is 0 Å². The number of rotatable bonds is 4. The third kappa shape index (κ3) is 3.32.